The number of hydrogen-bond donors (Lipinski definition) is 0. The second-order valence-electron chi connectivity index (χ2n) is 4.82. The Morgan fingerprint density at radius 3 is 2.54 bits per heavy atom. The van der Waals surface area contributed by atoms with Gasteiger partial charge < -0.3 is 4.74 Å². The largest absolute Gasteiger partial charge is 0.468 e. The van der Waals surface area contributed by atoms with E-state index in [2.05, 4.69) is 26.1 Å². The van der Waals surface area contributed by atoms with E-state index in [9.17, 15) is 4.79 Å². The van der Waals surface area contributed by atoms with Gasteiger partial charge in [0.1, 0.15) is 0 Å². The van der Waals surface area contributed by atoms with Crippen LogP contribution in [0, 0.1) is 0 Å². The van der Waals surface area contributed by atoms with Crippen molar-refractivity contribution in [1.82, 2.24) is 14.8 Å². The fourth-order valence-electron chi connectivity index (χ4n) is 2.17. The molecule has 1 heterocycles. The molecule has 0 atom stereocenters. The zero-order valence-electron chi connectivity index (χ0n) is 12.8. The molecular weight excluding hydrogens is 390 g/mol. The van der Waals surface area contributed by atoms with E-state index < -0.39 is 0 Å². The molecule has 2 aromatic carbocycles. The third kappa shape index (κ3) is 3.52. The first-order valence-electron chi connectivity index (χ1n) is 7.16. The number of esters is 1. The van der Waals surface area contributed by atoms with Crippen LogP contribution in [0.1, 0.15) is 0 Å². The number of aromatic nitrogens is 3. The van der Waals surface area contributed by atoms with Crippen LogP contribution < -0.4 is 0 Å². The summed E-state index contributed by atoms with van der Waals surface area (Å²) in [7, 11) is 1.37. The lowest BCUT2D eigenvalue weighted by Crippen LogP contribution is -2.05. The number of benzene rings is 2. The van der Waals surface area contributed by atoms with Gasteiger partial charge in [0, 0.05) is 15.7 Å². The molecule has 3 aromatic rings. The van der Waals surface area contributed by atoms with E-state index in [0.717, 1.165) is 15.7 Å². The molecule has 0 unspecified atom stereocenters. The van der Waals surface area contributed by atoms with Crippen LogP contribution in [0.4, 0.5) is 0 Å². The average Bonchev–Trinajstić information content (AvgIpc) is 3.04. The van der Waals surface area contributed by atoms with Gasteiger partial charge in [-0.15, -0.1) is 10.2 Å². The lowest BCUT2D eigenvalue weighted by Gasteiger charge is -2.11. The molecule has 0 amide bonds. The van der Waals surface area contributed by atoms with E-state index in [-0.39, 0.29) is 11.7 Å². The van der Waals surface area contributed by atoms with Crippen molar-refractivity contribution in [3.05, 3.63) is 59.1 Å². The Morgan fingerprint density at radius 1 is 1.12 bits per heavy atom. The molecule has 7 heteroatoms. The first kappa shape index (κ1) is 16.7. The van der Waals surface area contributed by atoms with Crippen LogP contribution in [0.15, 0.2) is 64.2 Å². The van der Waals surface area contributed by atoms with Crippen molar-refractivity contribution < 1.29 is 9.53 Å². The second kappa shape index (κ2) is 7.63. The monoisotopic (exact) mass is 403 g/mol. The highest BCUT2D eigenvalue weighted by molar-refractivity contribution is 9.10. The molecule has 0 fully saturated rings. The van der Waals surface area contributed by atoms with Crippen LogP contribution in [-0.2, 0) is 9.53 Å². The zero-order chi connectivity index (χ0) is 16.9. The molecule has 3 rings (SSSR count). The maximum atomic E-state index is 11.5. The van der Waals surface area contributed by atoms with Crippen molar-refractivity contribution in [2.75, 3.05) is 12.9 Å². The van der Waals surface area contributed by atoms with Gasteiger partial charge in [-0.1, -0.05) is 64.1 Å². The summed E-state index contributed by atoms with van der Waals surface area (Å²) < 4.78 is 7.57. The number of para-hydroxylation sites is 1. The third-order valence-electron chi connectivity index (χ3n) is 3.31. The molecule has 0 bridgehead atoms. The molecule has 0 saturated heterocycles. The van der Waals surface area contributed by atoms with Crippen LogP contribution >= 0.6 is 27.7 Å². The Labute approximate surface area is 152 Å². The molecule has 0 aliphatic carbocycles. The normalized spacial score (nSPS) is 10.6. The van der Waals surface area contributed by atoms with Gasteiger partial charge in [0.15, 0.2) is 11.0 Å². The molecule has 0 saturated carbocycles. The zero-order valence-corrected chi connectivity index (χ0v) is 15.3. The van der Waals surface area contributed by atoms with E-state index in [1.165, 1.54) is 18.9 Å². The van der Waals surface area contributed by atoms with Gasteiger partial charge >= 0.3 is 5.97 Å². The molecule has 122 valence electrons. The van der Waals surface area contributed by atoms with Crippen molar-refractivity contribution >= 4 is 33.7 Å². The highest BCUT2D eigenvalue weighted by Gasteiger charge is 2.18. The summed E-state index contributed by atoms with van der Waals surface area (Å²) in [6, 6.07) is 17.6. The number of carbonyl (C=O) groups is 1. The summed E-state index contributed by atoms with van der Waals surface area (Å²) in [6.45, 7) is 0. The number of halogens is 1. The molecule has 0 aliphatic heterocycles. The number of ether oxygens (including phenoxy) is 1. The summed E-state index contributed by atoms with van der Waals surface area (Å²) in [6.07, 6.45) is 0. The number of carbonyl (C=O) groups excluding carboxylic acids is 1. The van der Waals surface area contributed by atoms with Crippen LogP contribution in [0.2, 0.25) is 0 Å². The molecule has 0 spiro atoms. The second-order valence-corrected chi connectivity index (χ2v) is 6.62. The molecule has 24 heavy (non-hydrogen) atoms. The van der Waals surface area contributed by atoms with Crippen molar-refractivity contribution in [3.8, 4) is 17.1 Å². The molecule has 0 aliphatic rings. The average molecular weight is 404 g/mol. The van der Waals surface area contributed by atoms with Gasteiger partial charge in [-0.2, -0.15) is 0 Å². The predicted octanol–water partition coefficient (Wildman–Crippen LogP) is 3.96. The Hall–Kier alpha value is -2.12. The molecule has 5 nitrogen and oxygen atoms in total. The van der Waals surface area contributed by atoms with Gasteiger partial charge in [-0.05, 0) is 18.2 Å². The maximum absolute atomic E-state index is 11.5. The first-order valence-corrected chi connectivity index (χ1v) is 8.94. The van der Waals surface area contributed by atoms with E-state index in [1.807, 2.05) is 59.2 Å². The number of methoxy groups -OCH3 is 1. The minimum atomic E-state index is -0.301. The maximum Gasteiger partial charge on any atom is 0.316 e. The number of nitrogens with zero attached hydrogens (tertiary/aromatic N) is 3. The van der Waals surface area contributed by atoms with E-state index in [4.69, 9.17) is 4.74 Å². The highest BCUT2D eigenvalue weighted by atomic mass is 79.9. The van der Waals surface area contributed by atoms with Crippen molar-refractivity contribution in [2.24, 2.45) is 0 Å². The van der Waals surface area contributed by atoms with E-state index in [1.54, 1.807) is 0 Å². The van der Waals surface area contributed by atoms with Crippen molar-refractivity contribution in [1.29, 1.82) is 0 Å². The summed E-state index contributed by atoms with van der Waals surface area (Å²) in [4.78, 5) is 11.5. The van der Waals surface area contributed by atoms with E-state index in [0.29, 0.717) is 11.0 Å². The van der Waals surface area contributed by atoms with Gasteiger partial charge in [0.2, 0.25) is 0 Å². The Morgan fingerprint density at radius 2 is 1.83 bits per heavy atom. The summed E-state index contributed by atoms with van der Waals surface area (Å²) >= 11 is 4.86. The van der Waals surface area contributed by atoms with Crippen molar-refractivity contribution in [3.63, 3.8) is 0 Å². The minimum Gasteiger partial charge on any atom is -0.468 e. The number of rotatable bonds is 5. The lowest BCUT2D eigenvalue weighted by molar-refractivity contribution is -0.137. The summed E-state index contributed by atoms with van der Waals surface area (Å²) in [5, 5.41) is 9.24. The van der Waals surface area contributed by atoms with Crippen molar-refractivity contribution in [2.45, 2.75) is 5.16 Å². The SMILES string of the molecule is COC(=O)CSc1nnc(-c2ccccc2Br)n1-c1ccccc1. The predicted molar refractivity (Wildman–Crippen MR) is 97.2 cm³/mol. The third-order valence-corrected chi connectivity index (χ3v) is 4.90. The van der Waals surface area contributed by atoms with Gasteiger partial charge in [0.05, 0.1) is 12.9 Å². The van der Waals surface area contributed by atoms with Crippen LogP contribution in [-0.4, -0.2) is 33.6 Å². The Bertz CT molecular complexity index is 852. The van der Waals surface area contributed by atoms with E-state index >= 15 is 0 Å². The van der Waals surface area contributed by atoms with Crippen LogP contribution in [0.3, 0.4) is 0 Å². The first-order chi connectivity index (χ1) is 11.7. The summed E-state index contributed by atoms with van der Waals surface area (Å²) in [5.41, 5.74) is 1.86. The van der Waals surface area contributed by atoms with Crippen LogP contribution in [0.5, 0.6) is 0 Å². The minimum absolute atomic E-state index is 0.178. The van der Waals surface area contributed by atoms with Gasteiger partial charge in [-0.3, -0.25) is 9.36 Å². The highest BCUT2D eigenvalue weighted by Crippen LogP contribution is 2.31. The standard InChI is InChI=1S/C17H14BrN3O2S/c1-23-15(22)11-24-17-20-19-16(13-9-5-6-10-14(13)18)21(17)12-7-3-2-4-8-12/h2-10H,11H2,1H3. The summed E-state index contributed by atoms with van der Waals surface area (Å²) in [5.74, 6) is 0.586. The quantitative estimate of drug-likeness (QED) is 0.476. The van der Waals surface area contributed by atoms with Gasteiger partial charge in [-0.25, -0.2) is 0 Å². The topological polar surface area (TPSA) is 57.0 Å². The molecule has 1 aromatic heterocycles. The smallest absolute Gasteiger partial charge is 0.316 e. The fourth-order valence-corrected chi connectivity index (χ4v) is 3.42. The molecule has 0 N–H and O–H groups in total. The number of hydrogen-bond acceptors (Lipinski definition) is 5. The van der Waals surface area contributed by atoms with Crippen LogP contribution in [0.25, 0.3) is 17.1 Å². The lowest BCUT2D eigenvalue weighted by atomic mass is 10.2. The number of thioether (sulfide) groups is 1. The van der Waals surface area contributed by atoms with Gasteiger partial charge in [0.25, 0.3) is 0 Å². The molecule has 0 radical (unpaired) electrons. The Balaban J connectivity index is 2.08. The Kier molecular flexibility index (Phi) is 5.32. The fraction of sp³-hybridized carbons (Fsp3) is 0.118. The molecular formula is C17H14BrN3O2S.